The number of ether oxygens (including phenoxy) is 5. The number of β-amino-alcohol motifs (C(OH)–C–C–N with tert-alkyl or cyclic N) is 1. The first-order valence-corrected chi connectivity index (χ1v) is 29.7. The summed E-state index contributed by atoms with van der Waals surface area (Å²) < 4.78 is 30.3. The Balaban J connectivity index is 0.647. The first-order chi connectivity index (χ1) is 41.0. The van der Waals surface area contributed by atoms with Crippen LogP contribution in [0.2, 0.25) is 0 Å². The number of nitrogens with zero attached hydrogens (tertiary/aromatic N) is 6. The Hall–Kier alpha value is -7.54. The van der Waals surface area contributed by atoms with Crippen molar-refractivity contribution in [2.75, 3.05) is 71.7 Å². The minimum absolute atomic E-state index is 0.0319. The van der Waals surface area contributed by atoms with E-state index in [1.807, 2.05) is 105 Å². The number of imidazole rings is 1. The molecule has 0 spiro atoms. The highest BCUT2D eigenvalue weighted by Gasteiger charge is 2.44. The van der Waals surface area contributed by atoms with Crippen molar-refractivity contribution in [1.82, 2.24) is 40.0 Å². The lowest BCUT2D eigenvalue weighted by molar-refractivity contribution is -0.144. The summed E-state index contributed by atoms with van der Waals surface area (Å²) in [5.41, 5.74) is 29.2. The predicted molar refractivity (Wildman–Crippen MR) is 324 cm³/mol. The number of rotatable bonds is 29. The molecule has 1 saturated heterocycles. The van der Waals surface area contributed by atoms with E-state index in [2.05, 4.69) is 50.9 Å². The van der Waals surface area contributed by atoms with Crippen LogP contribution in [0.3, 0.4) is 0 Å². The standard InChI is InChI=1S/C63H77N11O10S/c1-40-54(85-39-69-40)43-14-11-42(12-15-43)36-68-60(78)51-35-47(75)37-73(51)61(79)55(62(2,3)4)72-53(76)38-83-31-30-81-27-26-80-28-29-82-32-33-84-52(57(65)77)22-13-41-8-5-9-44(34-41)49-20-21-50-59(70-49)74(58(71-50)48-10-6-25-67-56(48)64)46-18-16-45(17-19-46)63(66)23-7-24-63/h5-6,8-12,14-21,25,34,39,47,51-52,55,75H,7,13,22-24,26-33,35-38,66H2,1-4H3,(H2,64,67)(H2,65,77)(H,68,78)(H,72,76)/t47-,51+,52?,55-/m1/s1. The number of aliphatic hydroxyl groups is 1. The number of pyridine rings is 2. The molecule has 2 fully saturated rings. The van der Waals surface area contributed by atoms with Gasteiger partial charge in [-0.1, -0.05) is 75.4 Å². The molecule has 9 N–H and O–H groups in total. The lowest BCUT2D eigenvalue weighted by Gasteiger charge is -2.38. The van der Waals surface area contributed by atoms with Crippen molar-refractivity contribution in [3.63, 3.8) is 0 Å². The maximum absolute atomic E-state index is 14.0. The molecule has 0 radical (unpaired) electrons. The Bertz CT molecular complexity index is 3400. The number of aryl methyl sites for hydroxylation is 2. The molecule has 3 aromatic carbocycles. The second-order valence-corrected chi connectivity index (χ2v) is 23.5. The number of anilines is 1. The largest absolute Gasteiger partial charge is 0.391 e. The smallest absolute Gasteiger partial charge is 0.246 e. The third kappa shape index (κ3) is 15.9. The maximum atomic E-state index is 14.0. The van der Waals surface area contributed by atoms with Crippen LogP contribution >= 0.6 is 11.3 Å². The fraction of sp³-hybridized carbons (Fsp3) is 0.429. The zero-order valence-electron chi connectivity index (χ0n) is 48.7. The van der Waals surface area contributed by atoms with Crippen LogP contribution in [0.4, 0.5) is 5.82 Å². The number of hydrogen-bond acceptors (Lipinski definition) is 17. The van der Waals surface area contributed by atoms with Crippen molar-refractivity contribution in [3.8, 4) is 38.8 Å². The van der Waals surface area contributed by atoms with Gasteiger partial charge in [0.2, 0.25) is 23.6 Å². The summed E-state index contributed by atoms with van der Waals surface area (Å²) in [7, 11) is 0. The monoisotopic (exact) mass is 1180 g/mol. The van der Waals surface area contributed by atoms with E-state index in [9.17, 15) is 24.3 Å². The van der Waals surface area contributed by atoms with Crippen molar-refractivity contribution >= 4 is 51.9 Å². The molecule has 0 bridgehead atoms. The van der Waals surface area contributed by atoms with Crippen LogP contribution < -0.4 is 27.8 Å². The first kappa shape index (κ1) is 62.0. The summed E-state index contributed by atoms with van der Waals surface area (Å²) in [4.78, 5) is 74.2. The van der Waals surface area contributed by atoms with Crippen LogP contribution in [-0.4, -0.2) is 148 Å². The molecule has 1 aliphatic carbocycles. The van der Waals surface area contributed by atoms with Crippen molar-refractivity contribution in [3.05, 3.63) is 131 Å². The van der Waals surface area contributed by atoms with Crippen LogP contribution in [0.15, 0.2) is 109 Å². The van der Waals surface area contributed by atoms with E-state index in [0.717, 1.165) is 69.0 Å². The SMILES string of the molecule is Cc1ncsc1-c1ccc(CNC(=O)[C@@H]2C[C@@H](O)CN2C(=O)[C@@H](NC(=O)COCCOCCOCCOCCOC(CCc2cccc(-c3ccc4nc(-c5cccnc5N)n(-c5ccc(C6(N)CCC6)cc5)c4n3)c2)C(N)=O)C(C)(C)C)cc1. The van der Waals surface area contributed by atoms with Crippen LogP contribution in [-0.2, 0) is 61.4 Å². The fourth-order valence-electron chi connectivity index (χ4n) is 10.5. The Kier molecular flexibility index (Phi) is 20.8. The molecule has 7 aromatic rings. The van der Waals surface area contributed by atoms with Gasteiger partial charge in [-0.25, -0.2) is 19.9 Å². The number of aromatic nitrogens is 5. The maximum Gasteiger partial charge on any atom is 0.246 e. The second kappa shape index (κ2) is 28.6. The first-order valence-electron chi connectivity index (χ1n) is 28.8. The van der Waals surface area contributed by atoms with Crippen LogP contribution in [0.5, 0.6) is 0 Å². The van der Waals surface area contributed by atoms with E-state index < -0.39 is 47.4 Å². The number of nitrogens with one attached hydrogen (secondary N) is 2. The summed E-state index contributed by atoms with van der Waals surface area (Å²) in [6.07, 6.45) is 3.98. The molecule has 4 atom stereocenters. The molecule has 85 heavy (non-hydrogen) atoms. The third-order valence-electron chi connectivity index (χ3n) is 15.4. The molecule has 4 aromatic heterocycles. The van der Waals surface area contributed by atoms with Gasteiger partial charge in [-0.2, -0.15) is 0 Å². The van der Waals surface area contributed by atoms with Gasteiger partial charge in [0.1, 0.15) is 36.1 Å². The van der Waals surface area contributed by atoms with Gasteiger partial charge in [0, 0.05) is 42.5 Å². The molecule has 5 heterocycles. The number of carbonyl (C=O) groups excluding carboxylic acids is 4. The van der Waals surface area contributed by atoms with Crippen molar-refractivity contribution < 1.29 is 48.0 Å². The lowest BCUT2D eigenvalue weighted by atomic mass is 9.73. The van der Waals surface area contributed by atoms with Crippen LogP contribution in [0.1, 0.15) is 75.3 Å². The van der Waals surface area contributed by atoms with Gasteiger partial charge in [0.25, 0.3) is 0 Å². The number of nitrogens with two attached hydrogens (primary N) is 3. The third-order valence-corrected chi connectivity index (χ3v) is 16.4. The average molecular weight is 1180 g/mol. The van der Waals surface area contributed by atoms with E-state index in [-0.39, 0.29) is 70.6 Å². The molecule has 4 amide bonds. The van der Waals surface area contributed by atoms with E-state index in [1.165, 1.54) is 4.90 Å². The molecule has 9 rings (SSSR count). The number of thiazole rings is 1. The van der Waals surface area contributed by atoms with E-state index in [4.69, 9.17) is 50.9 Å². The topological polar surface area (TPSA) is 297 Å². The van der Waals surface area contributed by atoms with Crippen molar-refractivity contribution in [1.29, 1.82) is 0 Å². The van der Waals surface area contributed by atoms with E-state index in [1.54, 1.807) is 17.5 Å². The summed E-state index contributed by atoms with van der Waals surface area (Å²) in [6.45, 7) is 9.23. The van der Waals surface area contributed by atoms with Gasteiger partial charge in [-0.05, 0) is 109 Å². The van der Waals surface area contributed by atoms with Crippen molar-refractivity contribution in [2.45, 2.75) is 103 Å². The molecular formula is C63H77N11O10S. The molecule has 450 valence electrons. The average Bonchev–Trinajstić information content (AvgIpc) is 4.08. The highest BCUT2D eigenvalue weighted by Crippen LogP contribution is 2.40. The Labute approximate surface area is 499 Å². The number of carbonyl (C=O) groups is 4. The van der Waals surface area contributed by atoms with Crippen molar-refractivity contribution in [2.24, 2.45) is 16.9 Å². The van der Waals surface area contributed by atoms with Crippen LogP contribution in [0.25, 0.3) is 49.9 Å². The normalized spacial score (nSPS) is 16.5. The number of aliphatic hydroxyl groups excluding tert-OH is 1. The number of primary amides is 1. The van der Waals surface area contributed by atoms with E-state index >= 15 is 0 Å². The fourth-order valence-corrected chi connectivity index (χ4v) is 11.3. The number of hydrogen-bond donors (Lipinski definition) is 6. The molecule has 1 saturated carbocycles. The number of benzene rings is 3. The van der Waals surface area contributed by atoms with Gasteiger partial charge < -0.3 is 61.5 Å². The molecule has 1 unspecified atom stereocenters. The van der Waals surface area contributed by atoms with Gasteiger partial charge in [0.15, 0.2) is 11.5 Å². The van der Waals surface area contributed by atoms with Crippen LogP contribution in [0, 0.1) is 12.3 Å². The molecule has 1 aliphatic heterocycles. The highest BCUT2D eigenvalue weighted by atomic mass is 32.1. The van der Waals surface area contributed by atoms with Gasteiger partial charge in [-0.3, -0.25) is 23.7 Å². The summed E-state index contributed by atoms with van der Waals surface area (Å²) in [5.74, 6) is -0.917. The number of likely N-dealkylation sites (tertiary alicyclic amines) is 1. The quantitative estimate of drug-likeness (QED) is 0.0285. The molecule has 21 nitrogen and oxygen atoms in total. The van der Waals surface area contributed by atoms with Gasteiger partial charge >= 0.3 is 0 Å². The van der Waals surface area contributed by atoms with E-state index in [0.29, 0.717) is 61.0 Å². The predicted octanol–water partition coefficient (Wildman–Crippen LogP) is 6.18. The molecular weight excluding hydrogens is 1100 g/mol. The summed E-state index contributed by atoms with van der Waals surface area (Å²) in [6, 6.07) is 29.9. The summed E-state index contributed by atoms with van der Waals surface area (Å²) >= 11 is 1.57. The molecule has 2 aliphatic rings. The Morgan fingerprint density at radius 1 is 0.824 bits per heavy atom. The zero-order chi connectivity index (χ0) is 60.1. The van der Waals surface area contributed by atoms with Gasteiger partial charge in [0.05, 0.1) is 86.3 Å². The minimum atomic E-state index is -0.987. The number of amides is 4. The molecule has 22 heteroatoms. The number of fused-ring (bicyclic) bond motifs is 1. The zero-order valence-corrected chi connectivity index (χ0v) is 49.5. The van der Waals surface area contributed by atoms with Gasteiger partial charge in [-0.15, -0.1) is 11.3 Å². The lowest BCUT2D eigenvalue weighted by Crippen LogP contribution is -2.58. The second-order valence-electron chi connectivity index (χ2n) is 22.6. The number of nitrogen functional groups attached to an aromatic ring is 1. The Morgan fingerprint density at radius 3 is 2.18 bits per heavy atom. The minimum Gasteiger partial charge on any atom is -0.391 e. The highest BCUT2D eigenvalue weighted by molar-refractivity contribution is 7.13. The summed E-state index contributed by atoms with van der Waals surface area (Å²) in [5, 5.41) is 16.3. The Morgan fingerprint density at radius 2 is 1.53 bits per heavy atom.